The van der Waals surface area contributed by atoms with Crippen LogP contribution < -0.4 is 15.7 Å². The number of alkyl halides is 3. The molecule has 0 saturated carbocycles. The van der Waals surface area contributed by atoms with E-state index in [1.165, 1.54) is 22.9 Å². The number of fused-ring (bicyclic) bond motifs is 4. The maximum absolute atomic E-state index is 15.2. The van der Waals surface area contributed by atoms with Gasteiger partial charge in [0, 0.05) is 61.1 Å². The molecule has 2 aromatic carbocycles. The number of aryl methyl sites for hydroxylation is 1. The zero-order chi connectivity index (χ0) is 46.7. The van der Waals surface area contributed by atoms with Crippen LogP contribution in [0.3, 0.4) is 0 Å². The van der Waals surface area contributed by atoms with E-state index in [1.54, 1.807) is 46.9 Å². The summed E-state index contributed by atoms with van der Waals surface area (Å²) < 4.78 is 62.9. The number of carbonyl (C=O) groups excluding carboxylic acids is 1. The molecule has 340 valence electrons. The molecule has 1 N–H and O–H groups in total. The molecule has 7 aromatic rings. The molecule has 19 heteroatoms. The van der Waals surface area contributed by atoms with Crippen molar-refractivity contribution in [3.05, 3.63) is 128 Å². The number of amides is 1. The summed E-state index contributed by atoms with van der Waals surface area (Å²) in [6.45, 7) is 11.5. The number of likely N-dealkylation sites (tertiary alicyclic amines) is 1. The SMILES string of the molecule is Cc1nc(Nc2ccc(OC(F)(F)F)cc2Cl)nc2c1n(-c1ccc(C(=O)N3CCc4c(n(Cc5ccc(C#N)cc5F)c5ncccc45)C3)nc1)c(=O)n2C1CCN(CC(C)(C)C)CC1. The van der Waals surface area contributed by atoms with Crippen LogP contribution in [0, 0.1) is 29.5 Å². The number of rotatable bonds is 9. The second kappa shape index (κ2) is 17.2. The van der Waals surface area contributed by atoms with Crippen molar-refractivity contribution in [3.8, 4) is 17.5 Å². The van der Waals surface area contributed by atoms with E-state index < -0.39 is 17.9 Å². The summed E-state index contributed by atoms with van der Waals surface area (Å²) in [7, 11) is 0. The second-order valence-corrected chi connectivity index (χ2v) is 18.3. The number of ether oxygens (including phenoxy) is 1. The molecular weight excluding hydrogens is 878 g/mol. The average molecular weight is 922 g/mol. The Balaban J connectivity index is 1.03. The molecular formula is C47H44ClF4N11O3. The van der Waals surface area contributed by atoms with Crippen molar-refractivity contribution in [2.24, 2.45) is 5.41 Å². The number of aromatic nitrogens is 7. The Morgan fingerprint density at radius 2 is 1.79 bits per heavy atom. The van der Waals surface area contributed by atoms with Crippen molar-refractivity contribution in [2.45, 2.75) is 72.5 Å². The summed E-state index contributed by atoms with van der Waals surface area (Å²) in [5, 5.41) is 13.1. The Labute approximate surface area is 381 Å². The van der Waals surface area contributed by atoms with Crippen molar-refractivity contribution < 1.29 is 27.1 Å². The van der Waals surface area contributed by atoms with E-state index in [9.17, 15) is 28.0 Å². The number of nitriles is 1. The minimum atomic E-state index is -4.90. The second-order valence-electron chi connectivity index (χ2n) is 17.9. The number of hydrogen-bond donors (Lipinski definition) is 1. The van der Waals surface area contributed by atoms with Crippen LogP contribution in [0.1, 0.15) is 78.2 Å². The van der Waals surface area contributed by atoms with Gasteiger partial charge in [0.25, 0.3) is 5.91 Å². The fourth-order valence-corrected chi connectivity index (χ4v) is 9.37. The van der Waals surface area contributed by atoms with Crippen molar-refractivity contribution in [2.75, 3.05) is 31.5 Å². The van der Waals surface area contributed by atoms with E-state index in [4.69, 9.17) is 16.6 Å². The highest BCUT2D eigenvalue weighted by atomic mass is 35.5. The highest BCUT2D eigenvalue weighted by Gasteiger charge is 2.33. The molecule has 1 amide bonds. The molecule has 0 aliphatic carbocycles. The first kappa shape index (κ1) is 44.4. The Hall–Kier alpha value is -6.84. The summed E-state index contributed by atoms with van der Waals surface area (Å²) in [6.07, 6.45) is 0.142. The molecule has 14 nitrogen and oxygen atoms in total. The summed E-state index contributed by atoms with van der Waals surface area (Å²) >= 11 is 6.37. The number of piperidine rings is 1. The van der Waals surface area contributed by atoms with E-state index in [0.717, 1.165) is 48.4 Å². The molecule has 2 aliphatic heterocycles. The fourth-order valence-electron chi connectivity index (χ4n) is 9.15. The van der Waals surface area contributed by atoms with Gasteiger partial charge in [-0.3, -0.25) is 13.9 Å². The number of hydrogen-bond acceptors (Lipinski definition) is 10. The number of halogens is 5. The Morgan fingerprint density at radius 3 is 2.47 bits per heavy atom. The molecule has 0 radical (unpaired) electrons. The number of nitrogens with one attached hydrogen (secondary N) is 1. The van der Waals surface area contributed by atoms with Crippen molar-refractivity contribution >= 4 is 51.3 Å². The average Bonchev–Trinajstić information content (AvgIpc) is 3.74. The summed E-state index contributed by atoms with van der Waals surface area (Å²) in [5.74, 6) is -1.25. The minimum Gasteiger partial charge on any atom is -0.406 e. The first-order valence-electron chi connectivity index (χ1n) is 21.4. The standard InChI is InChI=1S/C47H44ClF4N11O3/c1-27-40-42(58-44(56-27)57-37-12-10-32(21-35(37)48)66-47(50,51)52)63(30-13-17-59(18-14-30)26-46(2,3)4)45(65)62(40)31-9-11-38(55-23-31)43(64)60-19-15-33-34-6-5-16-54-41(34)61(39(33)25-60)24-29-8-7-28(22-53)20-36(29)49/h5-12,16,20-21,23,30H,13-15,17-19,24-26H2,1-4H3,(H,56,57,58). The van der Waals surface area contributed by atoms with E-state index in [-0.39, 0.29) is 64.1 Å². The molecule has 0 atom stereocenters. The molecule has 9 rings (SSSR count). The van der Waals surface area contributed by atoms with Crippen LogP contribution in [0.5, 0.6) is 5.75 Å². The molecule has 1 fully saturated rings. The summed E-state index contributed by atoms with van der Waals surface area (Å²) in [4.78, 5) is 51.7. The predicted molar refractivity (Wildman–Crippen MR) is 240 cm³/mol. The number of benzene rings is 2. The van der Waals surface area contributed by atoms with Crippen LogP contribution in [-0.4, -0.2) is 81.9 Å². The lowest BCUT2D eigenvalue weighted by molar-refractivity contribution is -0.274. The highest BCUT2D eigenvalue weighted by Crippen LogP contribution is 2.35. The van der Waals surface area contributed by atoms with Gasteiger partial charge < -0.3 is 24.4 Å². The molecule has 5 aromatic heterocycles. The topological polar surface area (TPSA) is 152 Å². The fraction of sp³-hybridized carbons (Fsp3) is 0.340. The lowest BCUT2D eigenvalue weighted by Crippen LogP contribution is -2.41. The Kier molecular flexibility index (Phi) is 11.6. The number of pyridine rings is 2. The molecule has 1 saturated heterocycles. The van der Waals surface area contributed by atoms with Crippen LogP contribution in [-0.2, 0) is 19.5 Å². The lowest BCUT2D eigenvalue weighted by Gasteiger charge is -2.36. The number of imidazole rings is 1. The third kappa shape index (κ3) is 8.80. The number of carbonyl (C=O) groups is 1. The number of nitrogens with zero attached hydrogens (tertiary/aromatic N) is 10. The van der Waals surface area contributed by atoms with Crippen molar-refractivity contribution in [1.82, 2.24) is 43.4 Å². The van der Waals surface area contributed by atoms with Crippen LogP contribution in [0.4, 0.5) is 29.2 Å². The molecule has 66 heavy (non-hydrogen) atoms. The zero-order valence-electron chi connectivity index (χ0n) is 36.5. The summed E-state index contributed by atoms with van der Waals surface area (Å²) in [5.41, 5.74) is 4.80. The smallest absolute Gasteiger partial charge is 0.406 e. The molecule has 0 bridgehead atoms. The minimum absolute atomic E-state index is 0.0668. The first-order chi connectivity index (χ1) is 31.4. The van der Waals surface area contributed by atoms with Gasteiger partial charge in [0.15, 0.2) is 5.65 Å². The van der Waals surface area contributed by atoms with Gasteiger partial charge >= 0.3 is 12.1 Å². The highest BCUT2D eigenvalue weighted by molar-refractivity contribution is 6.33. The predicted octanol–water partition coefficient (Wildman–Crippen LogP) is 8.87. The van der Waals surface area contributed by atoms with Gasteiger partial charge in [-0.05, 0) is 85.7 Å². The van der Waals surface area contributed by atoms with Crippen molar-refractivity contribution in [3.63, 3.8) is 0 Å². The molecule has 2 aliphatic rings. The van der Waals surface area contributed by atoms with Crippen LogP contribution in [0.15, 0.2) is 77.9 Å². The Bertz CT molecular complexity index is 3120. The van der Waals surface area contributed by atoms with Gasteiger partial charge in [-0.25, -0.2) is 24.1 Å². The van der Waals surface area contributed by atoms with Gasteiger partial charge in [-0.1, -0.05) is 38.4 Å². The lowest BCUT2D eigenvalue weighted by atomic mass is 9.94. The van der Waals surface area contributed by atoms with Gasteiger partial charge in [-0.15, -0.1) is 13.2 Å². The molecule has 0 spiro atoms. The third-order valence-electron chi connectivity index (χ3n) is 12.0. The van der Waals surface area contributed by atoms with E-state index >= 15 is 4.39 Å². The van der Waals surface area contributed by atoms with Gasteiger partial charge in [0.1, 0.15) is 28.4 Å². The Morgan fingerprint density at radius 1 is 1.00 bits per heavy atom. The quantitative estimate of drug-likeness (QED) is 0.139. The summed E-state index contributed by atoms with van der Waals surface area (Å²) in [6, 6.07) is 16.6. The molecule has 0 unspecified atom stereocenters. The van der Waals surface area contributed by atoms with Gasteiger partial charge in [0.05, 0.1) is 53.0 Å². The van der Waals surface area contributed by atoms with E-state index in [0.29, 0.717) is 59.6 Å². The van der Waals surface area contributed by atoms with Crippen LogP contribution in [0.2, 0.25) is 5.02 Å². The monoisotopic (exact) mass is 921 g/mol. The maximum atomic E-state index is 15.2. The van der Waals surface area contributed by atoms with Crippen molar-refractivity contribution in [1.29, 1.82) is 5.26 Å². The van der Waals surface area contributed by atoms with E-state index in [1.807, 2.05) is 22.8 Å². The van der Waals surface area contributed by atoms with Crippen LogP contribution in [0.25, 0.3) is 27.9 Å². The van der Waals surface area contributed by atoms with E-state index in [2.05, 4.69) is 50.7 Å². The largest absolute Gasteiger partial charge is 0.573 e. The first-order valence-corrected chi connectivity index (χ1v) is 21.8. The van der Waals surface area contributed by atoms with Crippen LogP contribution >= 0.6 is 11.6 Å². The van der Waals surface area contributed by atoms with Gasteiger partial charge in [-0.2, -0.15) is 10.2 Å². The maximum Gasteiger partial charge on any atom is 0.573 e. The number of anilines is 2. The normalized spacial score (nSPS) is 15.0. The van der Waals surface area contributed by atoms with Gasteiger partial charge in [0.2, 0.25) is 5.95 Å². The molecule has 7 heterocycles. The third-order valence-corrected chi connectivity index (χ3v) is 12.3. The zero-order valence-corrected chi connectivity index (χ0v) is 37.2.